The number of amides is 1. The molecule has 0 aliphatic carbocycles. The van der Waals surface area contributed by atoms with Gasteiger partial charge in [-0.1, -0.05) is 48.5 Å². The zero-order valence-corrected chi connectivity index (χ0v) is 14.7. The van der Waals surface area contributed by atoms with Crippen molar-refractivity contribution in [1.82, 2.24) is 9.97 Å². The van der Waals surface area contributed by atoms with E-state index in [1.54, 1.807) is 18.7 Å². The van der Waals surface area contributed by atoms with Crippen LogP contribution in [0.4, 0.5) is 5.69 Å². The van der Waals surface area contributed by atoms with E-state index in [0.717, 1.165) is 16.8 Å². The van der Waals surface area contributed by atoms with Gasteiger partial charge in [0.05, 0.1) is 5.69 Å². The molecule has 1 N–H and O–H groups in total. The van der Waals surface area contributed by atoms with Gasteiger partial charge in [0.1, 0.15) is 0 Å². The maximum Gasteiger partial charge on any atom is 0.282 e. The quantitative estimate of drug-likeness (QED) is 0.776. The van der Waals surface area contributed by atoms with Gasteiger partial charge in [0.15, 0.2) is 5.69 Å². The van der Waals surface area contributed by atoms with Crippen LogP contribution in [-0.4, -0.2) is 22.4 Å². The number of carbonyl (C=O) groups excluding carboxylic acids is 1. The first-order valence-corrected chi connectivity index (χ1v) is 8.59. The first kappa shape index (κ1) is 16.3. The van der Waals surface area contributed by atoms with Crippen LogP contribution in [0.15, 0.2) is 59.4 Å². The zero-order chi connectivity index (χ0) is 18.3. The molecule has 0 saturated carbocycles. The lowest BCUT2D eigenvalue weighted by Gasteiger charge is -2.17. The largest absolute Gasteiger partial charge is 0.323 e. The van der Waals surface area contributed by atoms with E-state index in [0.29, 0.717) is 17.9 Å². The summed E-state index contributed by atoms with van der Waals surface area (Å²) in [4.78, 5) is 34.0. The first-order valence-electron chi connectivity index (χ1n) is 8.59. The molecule has 1 unspecified atom stereocenters. The minimum absolute atomic E-state index is 0.0587. The third-order valence-electron chi connectivity index (χ3n) is 4.96. The van der Waals surface area contributed by atoms with Gasteiger partial charge in [0.2, 0.25) is 0 Å². The summed E-state index contributed by atoms with van der Waals surface area (Å²) in [6.45, 7) is 4.05. The topological polar surface area (TPSA) is 66.1 Å². The Morgan fingerprint density at radius 2 is 1.77 bits per heavy atom. The Kier molecular flexibility index (Phi) is 3.92. The summed E-state index contributed by atoms with van der Waals surface area (Å²) in [6.07, 6.45) is 0. The number of nitrogens with zero attached hydrogens (tertiary/aromatic N) is 2. The molecule has 1 aliphatic rings. The highest BCUT2D eigenvalue weighted by atomic mass is 16.2. The number of H-pyrrole nitrogens is 1. The average Bonchev–Trinajstić information content (AvgIpc) is 3.05. The van der Waals surface area contributed by atoms with E-state index >= 15 is 0 Å². The minimum Gasteiger partial charge on any atom is -0.323 e. The Bertz CT molecular complexity index is 1040. The lowest BCUT2D eigenvalue weighted by atomic mass is 9.93. The van der Waals surface area contributed by atoms with Crippen LogP contribution in [-0.2, 0) is 0 Å². The second-order valence-corrected chi connectivity index (χ2v) is 6.56. The molecule has 1 atom stereocenters. The van der Waals surface area contributed by atoms with E-state index in [1.165, 1.54) is 0 Å². The molecule has 26 heavy (non-hydrogen) atoms. The van der Waals surface area contributed by atoms with Gasteiger partial charge in [-0.2, -0.15) is 0 Å². The molecule has 5 nitrogen and oxygen atoms in total. The van der Waals surface area contributed by atoms with Crippen LogP contribution in [0.1, 0.15) is 38.9 Å². The number of carbonyl (C=O) groups is 1. The first-order chi connectivity index (χ1) is 12.6. The lowest BCUT2D eigenvalue weighted by molar-refractivity contribution is 0.0982. The van der Waals surface area contributed by atoms with E-state index in [2.05, 4.69) is 22.1 Å². The summed E-state index contributed by atoms with van der Waals surface area (Å²) in [5.41, 5.74) is 3.90. The van der Waals surface area contributed by atoms with E-state index in [9.17, 15) is 9.59 Å². The van der Waals surface area contributed by atoms with Crippen molar-refractivity contribution in [3.8, 4) is 0 Å². The van der Waals surface area contributed by atoms with Gasteiger partial charge >= 0.3 is 0 Å². The molecule has 1 aliphatic heterocycles. The number of anilines is 1. The van der Waals surface area contributed by atoms with Gasteiger partial charge in [-0.3, -0.25) is 9.59 Å². The predicted octanol–water partition coefficient (Wildman–Crippen LogP) is 3.18. The highest BCUT2D eigenvalue weighted by Crippen LogP contribution is 2.40. The predicted molar refractivity (Wildman–Crippen MR) is 101 cm³/mol. The SMILES string of the molecule is Cc1nc(C(=O)N2CC(c3ccccc3)c3ccccc32)c(=O)[nH]c1C. The summed E-state index contributed by atoms with van der Waals surface area (Å²) in [5, 5.41) is 0. The van der Waals surface area contributed by atoms with Crippen molar-refractivity contribution in [2.45, 2.75) is 19.8 Å². The van der Waals surface area contributed by atoms with Crippen LogP contribution < -0.4 is 10.5 Å². The number of benzene rings is 2. The van der Waals surface area contributed by atoms with Crippen LogP contribution >= 0.6 is 0 Å². The normalized spacial score (nSPS) is 15.8. The third kappa shape index (κ3) is 2.62. The Morgan fingerprint density at radius 1 is 1.08 bits per heavy atom. The second kappa shape index (κ2) is 6.26. The monoisotopic (exact) mass is 345 g/mol. The molecule has 1 amide bonds. The second-order valence-electron chi connectivity index (χ2n) is 6.56. The smallest absolute Gasteiger partial charge is 0.282 e. The molecule has 4 rings (SSSR count). The maximum absolute atomic E-state index is 13.1. The molecule has 0 bridgehead atoms. The molecule has 5 heteroatoms. The summed E-state index contributed by atoms with van der Waals surface area (Å²) in [5.74, 6) is -0.276. The van der Waals surface area contributed by atoms with Gasteiger partial charge in [0.25, 0.3) is 11.5 Å². The van der Waals surface area contributed by atoms with E-state index in [1.807, 2.05) is 42.5 Å². The van der Waals surface area contributed by atoms with Gasteiger partial charge in [-0.25, -0.2) is 4.98 Å². The van der Waals surface area contributed by atoms with Crippen LogP contribution in [0, 0.1) is 13.8 Å². The van der Waals surface area contributed by atoms with Crippen molar-refractivity contribution in [3.63, 3.8) is 0 Å². The Hall–Kier alpha value is -3.21. The molecule has 0 saturated heterocycles. The highest BCUT2D eigenvalue weighted by Gasteiger charge is 2.34. The van der Waals surface area contributed by atoms with Crippen LogP contribution in [0.2, 0.25) is 0 Å². The van der Waals surface area contributed by atoms with E-state index < -0.39 is 5.56 Å². The molecule has 0 radical (unpaired) electrons. The molecular formula is C21H19N3O2. The molecule has 130 valence electrons. The van der Waals surface area contributed by atoms with Gasteiger partial charge in [0, 0.05) is 23.8 Å². The fourth-order valence-electron chi connectivity index (χ4n) is 3.46. The Balaban J connectivity index is 1.78. The van der Waals surface area contributed by atoms with Crippen LogP contribution in [0.3, 0.4) is 0 Å². The number of aromatic amines is 1. The molecule has 0 spiro atoms. The molecule has 0 fully saturated rings. The van der Waals surface area contributed by atoms with Crippen molar-refractivity contribution in [1.29, 1.82) is 0 Å². The fraction of sp³-hybridized carbons (Fsp3) is 0.190. The van der Waals surface area contributed by atoms with Gasteiger partial charge in [-0.05, 0) is 31.0 Å². The minimum atomic E-state index is -0.446. The van der Waals surface area contributed by atoms with Crippen LogP contribution in [0.25, 0.3) is 0 Å². The van der Waals surface area contributed by atoms with Crippen molar-refractivity contribution in [2.24, 2.45) is 0 Å². The lowest BCUT2D eigenvalue weighted by Crippen LogP contribution is -2.35. The van der Waals surface area contributed by atoms with Crippen LogP contribution in [0.5, 0.6) is 0 Å². The number of aromatic nitrogens is 2. The van der Waals surface area contributed by atoms with Gasteiger partial charge in [-0.15, -0.1) is 0 Å². The molecular weight excluding hydrogens is 326 g/mol. The third-order valence-corrected chi connectivity index (χ3v) is 4.96. The maximum atomic E-state index is 13.1. The standard InChI is InChI=1S/C21H19N3O2/c1-13-14(2)23-20(25)19(22-13)21(26)24-12-17(15-8-4-3-5-9-15)16-10-6-7-11-18(16)24/h3-11,17H,12H2,1-2H3,(H,23,25). The van der Waals surface area contributed by atoms with Crippen molar-refractivity contribution >= 4 is 11.6 Å². The fourth-order valence-corrected chi connectivity index (χ4v) is 3.46. The summed E-state index contributed by atoms with van der Waals surface area (Å²) < 4.78 is 0. The van der Waals surface area contributed by atoms with Crippen molar-refractivity contribution in [2.75, 3.05) is 11.4 Å². The number of hydrogen-bond acceptors (Lipinski definition) is 3. The summed E-state index contributed by atoms with van der Waals surface area (Å²) in [6, 6.07) is 18.0. The van der Waals surface area contributed by atoms with Crippen molar-refractivity contribution in [3.05, 3.63) is 93.2 Å². The van der Waals surface area contributed by atoms with E-state index in [4.69, 9.17) is 0 Å². The number of aryl methyl sites for hydroxylation is 2. The number of fused-ring (bicyclic) bond motifs is 1. The molecule has 3 aromatic rings. The number of rotatable bonds is 2. The molecule has 2 heterocycles. The Morgan fingerprint density at radius 3 is 2.54 bits per heavy atom. The molecule has 1 aromatic heterocycles. The van der Waals surface area contributed by atoms with E-state index in [-0.39, 0.29) is 17.5 Å². The number of hydrogen-bond donors (Lipinski definition) is 1. The average molecular weight is 345 g/mol. The highest BCUT2D eigenvalue weighted by molar-refractivity contribution is 6.06. The number of nitrogens with one attached hydrogen (secondary N) is 1. The summed E-state index contributed by atoms with van der Waals surface area (Å²) in [7, 11) is 0. The summed E-state index contributed by atoms with van der Waals surface area (Å²) >= 11 is 0. The zero-order valence-electron chi connectivity index (χ0n) is 14.7. The number of para-hydroxylation sites is 1. The Labute approximate surface area is 151 Å². The molecule has 2 aromatic carbocycles. The van der Waals surface area contributed by atoms with Gasteiger partial charge < -0.3 is 9.88 Å². The van der Waals surface area contributed by atoms with Crippen molar-refractivity contribution < 1.29 is 4.79 Å².